The summed E-state index contributed by atoms with van der Waals surface area (Å²) in [4.78, 5) is 37.3. The topological polar surface area (TPSA) is 51.2 Å². The van der Waals surface area contributed by atoms with Crippen molar-refractivity contribution in [1.29, 1.82) is 0 Å². The molecule has 5 rings (SSSR count). The summed E-state index contributed by atoms with van der Waals surface area (Å²) in [6.45, 7) is 38.4. The molecule has 0 aliphatic heterocycles. The first kappa shape index (κ1) is 52.0. The molecule has 0 heterocycles. The van der Waals surface area contributed by atoms with Crippen LogP contribution in [0.25, 0.3) is 0 Å². The summed E-state index contributed by atoms with van der Waals surface area (Å²) in [7, 11) is 0. The molecule has 3 heteroatoms. The maximum absolute atomic E-state index is 12.9. The van der Waals surface area contributed by atoms with Crippen LogP contribution in [-0.2, 0) is 14.4 Å². The third kappa shape index (κ3) is 14.5. The fraction of sp³-hybridized carbons (Fsp3) is 0.940. The van der Waals surface area contributed by atoms with E-state index < -0.39 is 0 Å². The Kier molecular flexibility index (Phi) is 22.3. The smallest absolute Gasteiger partial charge is 0.139 e. The second-order valence-electron chi connectivity index (χ2n) is 20.3. The minimum atomic E-state index is -0.0900. The summed E-state index contributed by atoms with van der Waals surface area (Å²) in [5.41, 5.74) is 0.533. The summed E-state index contributed by atoms with van der Waals surface area (Å²) in [5.74, 6) is 5.18. The molecule has 3 nitrogen and oxygen atoms in total. The molecule has 53 heavy (non-hydrogen) atoms. The fourth-order valence-corrected chi connectivity index (χ4v) is 9.92. The monoisotopic (exact) mass is 745 g/mol. The van der Waals surface area contributed by atoms with Crippen molar-refractivity contribution in [3.8, 4) is 0 Å². The molecule has 0 radical (unpaired) electrons. The highest BCUT2D eigenvalue weighted by Gasteiger charge is 2.55. The van der Waals surface area contributed by atoms with Crippen LogP contribution in [0.4, 0.5) is 0 Å². The standard InChI is InChI=1S/C19H32O.C15H28O.C12H24O.2C2H6/c1-5-18(3,6-2)17(20)12-19(4)15-8-13-7-14(10-15)11-16(19)9-13;1-5-15(4,6-2)13(16)12-14(3)10-8-7-9-11-14;1-7-12(6,8-2)10(13)9-11(3,4)5;2*1-2/h13-16H,5-12H2,1-4H3;5-12H2,1-4H3;7-9H2,1-6H3;2*1-2H3. The molecule has 0 amide bonds. The first-order valence-corrected chi connectivity index (χ1v) is 23.2. The van der Waals surface area contributed by atoms with Crippen LogP contribution in [0.2, 0.25) is 0 Å². The van der Waals surface area contributed by atoms with E-state index in [0.29, 0.717) is 34.6 Å². The second-order valence-corrected chi connectivity index (χ2v) is 20.3. The van der Waals surface area contributed by atoms with Crippen LogP contribution in [-0.4, -0.2) is 17.3 Å². The Bertz CT molecular complexity index is 1030. The molecule has 0 saturated heterocycles. The van der Waals surface area contributed by atoms with Gasteiger partial charge in [0.25, 0.3) is 0 Å². The number of carbonyl (C=O) groups is 3. The van der Waals surface area contributed by atoms with E-state index in [0.717, 1.165) is 75.0 Å². The zero-order valence-corrected chi connectivity index (χ0v) is 39.5. The van der Waals surface area contributed by atoms with Gasteiger partial charge in [-0.2, -0.15) is 0 Å². The van der Waals surface area contributed by atoms with Crippen LogP contribution in [0.3, 0.4) is 0 Å². The van der Waals surface area contributed by atoms with E-state index in [1.165, 1.54) is 64.2 Å². The summed E-state index contributed by atoms with van der Waals surface area (Å²) in [6, 6.07) is 0. The van der Waals surface area contributed by atoms with Gasteiger partial charge in [-0.3, -0.25) is 14.4 Å². The second kappa shape index (κ2) is 22.7. The van der Waals surface area contributed by atoms with Gasteiger partial charge >= 0.3 is 0 Å². The van der Waals surface area contributed by atoms with E-state index in [9.17, 15) is 14.4 Å². The average molecular weight is 745 g/mol. The molecule has 0 spiro atoms. The molecular formula is C50H96O3. The van der Waals surface area contributed by atoms with Crippen molar-refractivity contribution in [2.24, 2.45) is 56.2 Å². The van der Waals surface area contributed by atoms with Crippen LogP contribution in [0.15, 0.2) is 0 Å². The van der Waals surface area contributed by atoms with Gasteiger partial charge in [-0.1, -0.05) is 144 Å². The van der Waals surface area contributed by atoms with E-state index >= 15 is 0 Å². The molecule has 0 aromatic carbocycles. The third-order valence-electron chi connectivity index (χ3n) is 15.6. The number of Topliss-reactive ketones (excluding diaryl/α,β-unsaturated/α-hetero) is 3. The number of ketones is 3. The molecule has 5 fully saturated rings. The third-order valence-corrected chi connectivity index (χ3v) is 15.6. The first-order chi connectivity index (χ1) is 24.6. The van der Waals surface area contributed by atoms with Gasteiger partial charge in [0.15, 0.2) is 0 Å². The van der Waals surface area contributed by atoms with Crippen molar-refractivity contribution in [1.82, 2.24) is 0 Å². The molecule has 0 aromatic heterocycles. The van der Waals surface area contributed by atoms with E-state index in [1.807, 2.05) is 27.7 Å². The minimum Gasteiger partial charge on any atom is -0.299 e. The lowest BCUT2D eigenvalue weighted by Crippen LogP contribution is -2.53. The van der Waals surface area contributed by atoms with E-state index in [1.54, 1.807) is 0 Å². The molecule has 0 unspecified atom stereocenters. The van der Waals surface area contributed by atoms with Crippen LogP contribution in [0.1, 0.15) is 247 Å². The predicted molar refractivity (Wildman–Crippen MR) is 233 cm³/mol. The Hall–Kier alpha value is -0.990. The summed E-state index contributed by atoms with van der Waals surface area (Å²) >= 11 is 0. The fourth-order valence-electron chi connectivity index (χ4n) is 9.92. The molecule has 5 aliphatic carbocycles. The summed E-state index contributed by atoms with van der Waals surface area (Å²) in [6.07, 6.45) is 21.9. The van der Waals surface area contributed by atoms with E-state index in [4.69, 9.17) is 0 Å². The Morgan fingerprint density at radius 2 is 0.811 bits per heavy atom. The maximum Gasteiger partial charge on any atom is 0.139 e. The first-order valence-electron chi connectivity index (χ1n) is 23.2. The van der Waals surface area contributed by atoms with Crippen molar-refractivity contribution in [2.45, 2.75) is 247 Å². The molecule has 5 aliphatic rings. The Labute approximate surface area is 333 Å². The van der Waals surface area contributed by atoms with Crippen LogP contribution in [0, 0.1) is 56.2 Å². The summed E-state index contributed by atoms with van der Waals surface area (Å²) < 4.78 is 0. The van der Waals surface area contributed by atoms with Crippen molar-refractivity contribution in [2.75, 3.05) is 0 Å². The van der Waals surface area contributed by atoms with Crippen molar-refractivity contribution in [3.05, 3.63) is 0 Å². The maximum atomic E-state index is 12.9. The lowest BCUT2D eigenvalue weighted by molar-refractivity contribution is -0.143. The van der Waals surface area contributed by atoms with Crippen LogP contribution >= 0.6 is 0 Å². The molecule has 0 atom stereocenters. The lowest BCUT2D eigenvalue weighted by Gasteiger charge is -2.60. The molecule has 0 N–H and O–H groups in total. The number of rotatable bonds is 14. The Morgan fingerprint density at radius 1 is 0.491 bits per heavy atom. The highest BCUT2D eigenvalue weighted by Crippen LogP contribution is 2.63. The highest BCUT2D eigenvalue weighted by molar-refractivity contribution is 5.86. The van der Waals surface area contributed by atoms with Gasteiger partial charge in [0.2, 0.25) is 0 Å². The van der Waals surface area contributed by atoms with Gasteiger partial charge in [-0.05, 0) is 123 Å². The molecule has 0 aromatic rings. The summed E-state index contributed by atoms with van der Waals surface area (Å²) in [5, 5.41) is 0. The van der Waals surface area contributed by atoms with Gasteiger partial charge in [0.05, 0.1) is 0 Å². The van der Waals surface area contributed by atoms with Crippen LogP contribution < -0.4 is 0 Å². The van der Waals surface area contributed by atoms with Gasteiger partial charge in [-0.25, -0.2) is 0 Å². The van der Waals surface area contributed by atoms with Gasteiger partial charge in [0.1, 0.15) is 17.3 Å². The Balaban J connectivity index is 0.000000748. The zero-order chi connectivity index (χ0) is 41.5. The van der Waals surface area contributed by atoms with Crippen molar-refractivity contribution < 1.29 is 14.4 Å². The lowest BCUT2D eigenvalue weighted by atomic mass is 9.44. The zero-order valence-electron chi connectivity index (χ0n) is 39.5. The number of hydrogen-bond donors (Lipinski definition) is 0. The number of hydrogen-bond acceptors (Lipinski definition) is 3. The van der Waals surface area contributed by atoms with Crippen LogP contribution in [0.5, 0.6) is 0 Å². The molecular weight excluding hydrogens is 649 g/mol. The normalized spacial score (nSPS) is 25.9. The van der Waals surface area contributed by atoms with E-state index in [2.05, 4.69) is 96.9 Å². The Morgan fingerprint density at radius 3 is 1.13 bits per heavy atom. The predicted octanol–water partition coefficient (Wildman–Crippen LogP) is 15.8. The molecule has 5 saturated carbocycles. The highest BCUT2D eigenvalue weighted by atomic mass is 16.1. The van der Waals surface area contributed by atoms with Gasteiger partial charge < -0.3 is 0 Å². The quantitative estimate of drug-likeness (QED) is 0.178. The van der Waals surface area contributed by atoms with Crippen molar-refractivity contribution >= 4 is 17.3 Å². The molecule has 314 valence electrons. The van der Waals surface area contributed by atoms with Gasteiger partial charge in [0, 0.05) is 35.5 Å². The average Bonchev–Trinajstić information content (AvgIpc) is 3.14. The van der Waals surface area contributed by atoms with Gasteiger partial charge in [-0.15, -0.1) is 0 Å². The largest absolute Gasteiger partial charge is 0.299 e. The van der Waals surface area contributed by atoms with Crippen molar-refractivity contribution in [3.63, 3.8) is 0 Å². The molecule has 4 bridgehead atoms. The van der Waals surface area contributed by atoms with E-state index in [-0.39, 0.29) is 21.7 Å². The SMILES string of the molecule is CC.CC.CCC(C)(CC)C(=O)CC(C)(C)C.CCC(C)(CC)C(=O)CC1(C)C2CC3CC(C2)CC1C3.CCC(C)(CC)C(=O)CC1(C)CCCCC1. The number of carbonyl (C=O) groups excluding carboxylic acids is 3. The minimum absolute atomic E-state index is 0.0690.